The van der Waals surface area contributed by atoms with E-state index in [1.807, 2.05) is 48.5 Å². The highest BCUT2D eigenvalue weighted by Gasteiger charge is 2.15. The molecule has 0 amide bonds. The lowest BCUT2D eigenvalue weighted by molar-refractivity contribution is 0.310. The van der Waals surface area contributed by atoms with E-state index < -0.39 is 7.12 Å². The average molecular weight is 267 g/mol. The van der Waals surface area contributed by atoms with Crippen molar-refractivity contribution in [3.05, 3.63) is 60.2 Å². The van der Waals surface area contributed by atoms with Crippen LogP contribution in [0.15, 0.2) is 54.6 Å². The molecule has 0 aliphatic heterocycles. The predicted octanol–water partition coefficient (Wildman–Crippen LogP) is 1.43. The van der Waals surface area contributed by atoms with Gasteiger partial charge in [0, 0.05) is 16.5 Å². The van der Waals surface area contributed by atoms with Crippen molar-refractivity contribution in [1.29, 1.82) is 0 Å². The third-order valence-corrected chi connectivity index (χ3v) is 3.16. The molecular weight excluding hydrogens is 253 g/mol. The summed E-state index contributed by atoms with van der Waals surface area (Å²) in [6.07, 6.45) is 0. The van der Waals surface area contributed by atoms with Gasteiger partial charge in [-0.25, -0.2) is 0 Å². The molecule has 1 heterocycles. The quantitative estimate of drug-likeness (QED) is 0.626. The van der Waals surface area contributed by atoms with Crippen LogP contribution in [0.1, 0.15) is 5.56 Å². The lowest BCUT2D eigenvalue weighted by atomic mass is 9.86. The number of benzene rings is 2. The third-order valence-electron chi connectivity index (χ3n) is 3.16. The maximum absolute atomic E-state index is 9.21. The summed E-state index contributed by atoms with van der Waals surface area (Å²) in [5, 5.41) is 19.3. The molecule has 1 aromatic heterocycles. The molecule has 3 rings (SSSR count). The first-order valence-corrected chi connectivity index (χ1v) is 6.38. The highest BCUT2D eigenvalue weighted by molar-refractivity contribution is 6.58. The average Bonchev–Trinajstić information content (AvgIpc) is 2.91. The van der Waals surface area contributed by atoms with Gasteiger partial charge in [0.2, 0.25) is 0 Å². The van der Waals surface area contributed by atoms with E-state index in [9.17, 15) is 10.0 Å². The molecule has 3 aromatic rings. The van der Waals surface area contributed by atoms with Crippen LogP contribution >= 0.6 is 0 Å². The van der Waals surface area contributed by atoms with Crippen molar-refractivity contribution in [3.8, 4) is 5.75 Å². The summed E-state index contributed by atoms with van der Waals surface area (Å²) in [6, 6.07) is 17.2. The summed E-state index contributed by atoms with van der Waals surface area (Å²) in [5.74, 6) is 0.717. The SMILES string of the molecule is OB(O)c1cc2c(OCc3ccccc3)cccc2[nH]1. The summed E-state index contributed by atoms with van der Waals surface area (Å²) in [6.45, 7) is 0.474. The highest BCUT2D eigenvalue weighted by Crippen LogP contribution is 2.24. The van der Waals surface area contributed by atoms with Crippen LogP contribution in [-0.2, 0) is 6.61 Å². The number of H-pyrrole nitrogens is 1. The molecule has 0 aliphatic carbocycles. The molecule has 0 radical (unpaired) electrons. The van der Waals surface area contributed by atoms with Gasteiger partial charge in [0.25, 0.3) is 0 Å². The molecule has 0 bridgehead atoms. The number of fused-ring (bicyclic) bond motifs is 1. The highest BCUT2D eigenvalue weighted by atomic mass is 16.5. The first kappa shape index (κ1) is 12.8. The first-order valence-electron chi connectivity index (χ1n) is 6.38. The zero-order chi connectivity index (χ0) is 13.9. The van der Waals surface area contributed by atoms with Gasteiger partial charge in [0.1, 0.15) is 12.4 Å². The van der Waals surface area contributed by atoms with Crippen molar-refractivity contribution in [3.63, 3.8) is 0 Å². The Morgan fingerprint density at radius 2 is 1.80 bits per heavy atom. The second-order valence-corrected chi connectivity index (χ2v) is 4.59. The van der Waals surface area contributed by atoms with Crippen LogP contribution in [0.5, 0.6) is 5.75 Å². The van der Waals surface area contributed by atoms with E-state index in [0.717, 1.165) is 22.2 Å². The van der Waals surface area contributed by atoms with Crippen molar-refractivity contribution in [1.82, 2.24) is 4.98 Å². The van der Waals surface area contributed by atoms with E-state index in [4.69, 9.17) is 4.74 Å². The number of aromatic amines is 1. The van der Waals surface area contributed by atoms with Crippen molar-refractivity contribution < 1.29 is 14.8 Å². The van der Waals surface area contributed by atoms with E-state index in [1.54, 1.807) is 6.07 Å². The van der Waals surface area contributed by atoms with Crippen LogP contribution in [0.3, 0.4) is 0 Å². The third kappa shape index (κ3) is 2.54. The number of hydrogen-bond acceptors (Lipinski definition) is 3. The Kier molecular flexibility index (Phi) is 3.45. The van der Waals surface area contributed by atoms with E-state index >= 15 is 0 Å². The van der Waals surface area contributed by atoms with E-state index in [0.29, 0.717) is 12.2 Å². The molecule has 0 saturated heterocycles. The van der Waals surface area contributed by atoms with Crippen molar-refractivity contribution in [2.75, 3.05) is 0 Å². The molecule has 0 spiro atoms. The second-order valence-electron chi connectivity index (χ2n) is 4.59. The Hall–Kier alpha value is -2.24. The minimum atomic E-state index is -1.51. The van der Waals surface area contributed by atoms with Crippen LogP contribution in [0, 0.1) is 0 Å². The lowest BCUT2D eigenvalue weighted by Gasteiger charge is -2.07. The summed E-state index contributed by atoms with van der Waals surface area (Å²) < 4.78 is 5.82. The van der Waals surface area contributed by atoms with Gasteiger partial charge in [-0.1, -0.05) is 36.4 Å². The van der Waals surface area contributed by atoms with Crippen molar-refractivity contribution >= 4 is 23.6 Å². The number of nitrogens with one attached hydrogen (secondary N) is 1. The molecule has 3 N–H and O–H groups in total. The molecule has 2 aromatic carbocycles. The zero-order valence-corrected chi connectivity index (χ0v) is 10.8. The lowest BCUT2D eigenvalue weighted by Crippen LogP contribution is -2.30. The molecule has 20 heavy (non-hydrogen) atoms. The Morgan fingerprint density at radius 3 is 2.55 bits per heavy atom. The minimum Gasteiger partial charge on any atom is -0.488 e. The molecule has 0 fully saturated rings. The van der Waals surface area contributed by atoms with Crippen LogP contribution < -0.4 is 10.3 Å². The topological polar surface area (TPSA) is 65.5 Å². The summed E-state index contributed by atoms with van der Waals surface area (Å²) >= 11 is 0. The predicted molar refractivity (Wildman–Crippen MR) is 78.9 cm³/mol. The molecule has 0 aliphatic rings. The smallest absolute Gasteiger partial charge is 0.488 e. The molecule has 100 valence electrons. The first-order chi connectivity index (χ1) is 9.74. The standard InChI is InChI=1S/C15H14BNO3/c18-16(19)15-9-12-13(17-15)7-4-8-14(12)20-10-11-5-2-1-3-6-11/h1-9,17-19H,10H2. The van der Waals surface area contributed by atoms with Gasteiger partial charge >= 0.3 is 7.12 Å². The summed E-state index contributed by atoms with van der Waals surface area (Å²) in [4.78, 5) is 2.95. The fraction of sp³-hybridized carbons (Fsp3) is 0.0667. The van der Waals surface area contributed by atoms with Gasteiger partial charge < -0.3 is 19.8 Å². The van der Waals surface area contributed by atoms with Crippen LogP contribution in [0.4, 0.5) is 0 Å². The second kappa shape index (κ2) is 5.40. The monoisotopic (exact) mass is 267 g/mol. The van der Waals surface area contributed by atoms with Crippen molar-refractivity contribution in [2.24, 2.45) is 0 Å². The van der Waals surface area contributed by atoms with Crippen LogP contribution in [-0.4, -0.2) is 22.2 Å². The fourth-order valence-electron chi connectivity index (χ4n) is 2.15. The number of hydrogen-bond donors (Lipinski definition) is 3. The van der Waals surface area contributed by atoms with Gasteiger partial charge in [-0.15, -0.1) is 0 Å². The van der Waals surface area contributed by atoms with Gasteiger partial charge in [-0.2, -0.15) is 0 Å². The van der Waals surface area contributed by atoms with E-state index in [-0.39, 0.29) is 0 Å². The maximum atomic E-state index is 9.21. The van der Waals surface area contributed by atoms with Crippen molar-refractivity contribution in [2.45, 2.75) is 6.61 Å². The molecule has 0 atom stereocenters. The zero-order valence-electron chi connectivity index (χ0n) is 10.8. The molecule has 0 unspecified atom stereocenters. The van der Waals surface area contributed by atoms with E-state index in [1.165, 1.54) is 0 Å². The van der Waals surface area contributed by atoms with Crippen LogP contribution in [0.2, 0.25) is 0 Å². The summed E-state index contributed by atoms with van der Waals surface area (Å²) in [7, 11) is -1.51. The normalized spacial score (nSPS) is 10.7. The fourth-order valence-corrected chi connectivity index (χ4v) is 2.15. The largest absolute Gasteiger partial charge is 0.505 e. The molecule has 5 heteroatoms. The molecule has 0 saturated carbocycles. The number of ether oxygens (including phenoxy) is 1. The molecular formula is C15H14BNO3. The Morgan fingerprint density at radius 1 is 1.00 bits per heavy atom. The Balaban J connectivity index is 1.87. The number of aromatic nitrogens is 1. The van der Waals surface area contributed by atoms with Gasteiger partial charge in [0.15, 0.2) is 0 Å². The summed E-state index contributed by atoms with van der Waals surface area (Å²) in [5.41, 5.74) is 2.26. The Bertz CT molecular complexity index is 709. The minimum absolute atomic E-state index is 0.357. The van der Waals surface area contributed by atoms with Gasteiger partial charge in [-0.3, -0.25) is 0 Å². The number of rotatable bonds is 4. The van der Waals surface area contributed by atoms with Crippen LogP contribution in [0.25, 0.3) is 10.9 Å². The van der Waals surface area contributed by atoms with Gasteiger partial charge in [0.05, 0.1) is 0 Å². The Labute approximate surface area is 116 Å². The van der Waals surface area contributed by atoms with Gasteiger partial charge in [-0.05, 0) is 23.8 Å². The van der Waals surface area contributed by atoms with E-state index in [2.05, 4.69) is 4.98 Å². The maximum Gasteiger partial charge on any atom is 0.505 e. The molecule has 4 nitrogen and oxygen atoms in total.